The molecule has 2 aliphatic rings. The van der Waals surface area contributed by atoms with E-state index in [0.29, 0.717) is 13.1 Å². The third-order valence-corrected chi connectivity index (χ3v) is 5.49. The van der Waals surface area contributed by atoms with Gasteiger partial charge < -0.3 is 0 Å². The fraction of sp³-hybridized carbons (Fsp3) is 0.692. The summed E-state index contributed by atoms with van der Waals surface area (Å²) in [4.78, 5) is 12.1. The third-order valence-electron chi connectivity index (χ3n) is 4.16. The minimum atomic E-state index is -3.21. The summed E-state index contributed by atoms with van der Waals surface area (Å²) in [5, 5.41) is 4.42. The number of hydrogen-bond donors (Lipinski definition) is 0. The lowest BCUT2D eigenvalue weighted by Gasteiger charge is -2.22. The van der Waals surface area contributed by atoms with Crippen LogP contribution in [0, 0.1) is 0 Å². The van der Waals surface area contributed by atoms with E-state index in [1.165, 1.54) is 15.2 Å². The highest BCUT2D eigenvalue weighted by atomic mass is 32.2. The molecule has 1 unspecified atom stereocenters. The van der Waals surface area contributed by atoms with Gasteiger partial charge in [-0.2, -0.15) is 9.40 Å². The minimum Gasteiger partial charge on any atom is -0.268 e. The van der Waals surface area contributed by atoms with Crippen LogP contribution < -0.4 is 5.56 Å². The van der Waals surface area contributed by atoms with E-state index >= 15 is 0 Å². The van der Waals surface area contributed by atoms with Crippen molar-refractivity contribution in [3.63, 3.8) is 0 Å². The highest BCUT2D eigenvalue weighted by molar-refractivity contribution is 7.88. The number of aryl methyl sites for hydroxylation is 2. The van der Waals surface area contributed by atoms with Gasteiger partial charge in [-0.05, 0) is 37.7 Å². The minimum absolute atomic E-state index is 0.119. The Kier molecular flexibility index (Phi) is 3.41. The lowest BCUT2D eigenvalue weighted by molar-refractivity contribution is 0.336. The summed E-state index contributed by atoms with van der Waals surface area (Å²) in [6, 6.07) is 1.52. The molecular weight excluding hydrogens is 278 g/mol. The number of rotatable bonds is 3. The maximum atomic E-state index is 12.1. The molecule has 1 aliphatic heterocycles. The zero-order valence-electron chi connectivity index (χ0n) is 11.6. The molecule has 1 aromatic heterocycles. The average molecular weight is 297 g/mol. The largest absolute Gasteiger partial charge is 0.268 e. The van der Waals surface area contributed by atoms with Crippen LogP contribution in [0.2, 0.25) is 0 Å². The second kappa shape index (κ2) is 4.96. The molecule has 0 aromatic carbocycles. The summed E-state index contributed by atoms with van der Waals surface area (Å²) in [5.74, 6) is 0. The Balaban J connectivity index is 1.86. The summed E-state index contributed by atoms with van der Waals surface area (Å²) in [7, 11) is -3.21. The molecule has 1 saturated heterocycles. The zero-order chi connectivity index (χ0) is 14.3. The van der Waals surface area contributed by atoms with Crippen LogP contribution in [-0.2, 0) is 29.4 Å². The molecule has 0 bridgehead atoms. The Bertz CT molecular complexity index is 681. The first-order valence-corrected chi connectivity index (χ1v) is 8.87. The van der Waals surface area contributed by atoms with Gasteiger partial charge in [0, 0.05) is 18.7 Å². The monoisotopic (exact) mass is 297 g/mol. The van der Waals surface area contributed by atoms with E-state index < -0.39 is 10.0 Å². The molecule has 0 amide bonds. The van der Waals surface area contributed by atoms with Crippen molar-refractivity contribution in [2.75, 3.05) is 12.8 Å². The van der Waals surface area contributed by atoms with Crippen molar-refractivity contribution >= 4 is 10.0 Å². The van der Waals surface area contributed by atoms with Crippen molar-refractivity contribution in [1.29, 1.82) is 0 Å². The molecule has 0 spiro atoms. The van der Waals surface area contributed by atoms with Crippen LogP contribution in [0.5, 0.6) is 0 Å². The normalized spacial score (nSPS) is 23.1. The van der Waals surface area contributed by atoms with E-state index in [9.17, 15) is 13.2 Å². The van der Waals surface area contributed by atoms with Crippen LogP contribution in [0.25, 0.3) is 0 Å². The summed E-state index contributed by atoms with van der Waals surface area (Å²) in [6.07, 6.45) is 5.75. The van der Waals surface area contributed by atoms with Gasteiger partial charge >= 0.3 is 0 Å². The molecular formula is C13H19N3O3S. The second-order valence-electron chi connectivity index (χ2n) is 5.66. The Morgan fingerprint density at radius 3 is 2.90 bits per heavy atom. The van der Waals surface area contributed by atoms with Crippen LogP contribution in [-0.4, -0.2) is 41.3 Å². The van der Waals surface area contributed by atoms with E-state index in [4.69, 9.17) is 0 Å². The Labute approximate surface area is 118 Å². The summed E-state index contributed by atoms with van der Waals surface area (Å²) in [6.45, 7) is 0.905. The predicted octanol–water partition coefficient (Wildman–Crippen LogP) is 0.156. The molecule has 1 aliphatic carbocycles. The van der Waals surface area contributed by atoms with Gasteiger partial charge in [-0.1, -0.05) is 0 Å². The Morgan fingerprint density at radius 2 is 2.15 bits per heavy atom. The number of hydrogen-bond acceptors (Lipinski definition) is 4. The van der Waals surface area contributed by atoms with E-state index in [2.05, 4.69) is 5.10 Å². The fourth-order valence-corrected chi connectivity index (χ4v) is 4.37. The summed E-state index contributed by atoms with van der Waals surface area (Å²) in [5.41, 5.74) is 1.93. The Hall–Kier alpha value is -1.21. The van der Waals surface area contributed by atoms with Crippen molar-refractivity contribution in [3.8, 4) is 0 Å². The van der Waals surface area contributed by atoms with Crippen LogP contribution in [0.3, 0.4) is 0 Å². The highest BCUT2D eigenvalue weighted by Crippen LogP contribution is 2.22. The van der Waals surface area contributed by atoms with Crippen molar-refractivity contribution < 1.29 is 8.42 Å². The number of aromatic nitrogens is 2. The Morgan fingerprint density at radius 1 is 1.35 bits per heavy atom. The van der Waals surface area contributed by atoms with Crippen molar-refractivity contribution in [2.45, 2.75) is 44.7 Å². The molecule has 1 aromatic rings. The van der Waals surface area contributed by atoms with Gasteiger partial charge in [0.15, 0.2) is 0 Å². The van der Waals surface area contributed by atoms with Crippen molar-refractivity contribution in [1.82, 2.24) is 14.1 Å². The van der Waals surface area contributed by atoms with Gasteiger partial charge in [0.25, 0.3) is 5.56 Å². The standard InChI is InChI=1S/C13H19N3O3S/c1-20(18,19)16-7-3-5-11(16)9-15-13(17)8-10-4-2-6-12(10)14-15/h8,11H,2-7,9H2,1H3. The molecule has 7 heteroatoms. The number of sulfonamides is 1. The average Bonchev–Trinajstić information content (AvgIpc) is 2.97. The topological polar surface area (TPSA) is 72.3 Å². The summed E-state index contributed by atoms with van der Waals surface area (Å²) < 4.78 is 26.4. The molecule has 0 radical (unpaired) electrons. The predicted molar refractivity (Wildman–Crippen MR) is 75.1 cm³/mol. The smallest absolute Gasteiger partial charge is 0.267 e. The number of fused-ring (bicyclic) bond motifs is 1. The second-order valence-corrected chi connectivity index (χ2v) is 7.59. The quantitative estimate of drug-likeness (QED) is 0.796. The van der Waals surface area contributed by atoms with E-state index in [-0.39, 0.29) is 11.6 Å². The molecule has 20 heavy (non-hydrogen) atoms. The molecule has 2 heterocycles. The maximum absolute atomic E-state index is 12.1. The van der Waals surface area contributed by atoms with Gasteiger partial charge in [0.1, 0.15) is 0 Å². The molecule has 0 N–H and O–H groups in total. The maximum Gasteiger partial charge on any atom is 0.267 e. The first-order chi connectivity index (χ1) is 9.45. The molecule has 3 rings (SSSR count). The molecule has 1 fully saturated rings. The molecule has 0 saturated carbocycles. The first kappa shape index (κ1) is 13.8. The summed E-state index contributed by atoms with van der Waals surface area (Å²) >= 11 is 0. The first-order valence-electron chi connectivity index (χ1n) is 7.02. The number of nitrogens with zero attached hydrogens (tertiary/aromatic N) is 3. The zero-order valence-corrected chi connectivity index (χ0v) is 12.4. The van der Waals surface area contributed by atoms with Gasteiger partial charge in [0.05, 0.1) is 18.5 Å². The van der Waals surface area contributed by atoms with Crippen LogP contribution in [0.4, 0.5) is 0 Å². The highest BCUT2D eigenvalue weighted by Gasteiger charge is 2.32. The molecule has 1 atom stereocenters. The van der Waals surface area contributed by atoms with Gasteiger partial charge in [-0.25, -0.2) is 13.1 Å². The third kappa shape index (κ3) is 2.52. The SMILES string of the molecule is CS(=O)(=O)N1CCCC1Cn1nc2c(cc1=O)CCC2. The van der Waals surface area contributed by atoms with Crippen molar-refractivity contribution in [2.24, 2.45) is 0 Å². The fourth-order valence-electron chi connectivity index (χ4n) is 3.20. The van der Waals surface area contributed by atoms with E-state index in [1.807, 2.05) is 0 Å². The van der Waals surface area contributed by atoms with Crippen LogP contribution >= 0.6 is 0 Å². The van der Waals surface area contributed by atoms with E-state index in [0.717, 1.165) is 43.4 Å². The van der Waals surface area contributed by atoms with Crippen LogP contribution in [0.15, 0.2) is 10.9 Å². The van der Waals surface area contributed by atoms with Crippen LogP contribution in [0.1, 0.15) is 30.5 Å². The van der Waals surface area contributed by atoms with Gasteiger partial charge in [-0.15, -0.1) is 0 Å². The lowest BCUT2D eigenvalue weighted by Crippen LogP contribution is -2.40. The molecule has 6 nitrogen and oxygen atoms in total. The van der Waals surface area contributed by atoms with Gasteiger partial charge in [-0.3, -0.25) is 4.79 Å². The van der Waals surface area contributed by atoms with Gasteiger partial charge in [0.2, 0.25) is 10.0 Å². The van der Waals surface area contributed by atoms with Crippen molar-refractivity contribution in [3.05, 3.63) is 27.7 Å². The molecule has 110 valence electrons. The lowest BCUT2D eigenvalue weighted by atomic mass is 10.2. The van der Waals surface area contributed by atoms with E-state index in [1.54, 1.807) is 6.07 Å².